The molecule has 1 aliphatic heterocycles. The minimum atomic E-state index is -0.774. The van der Waals surface area contributed by atoms with Gasteiger partial charge in [-0.15, -0.1) is 0 Å². The van der Waals surface area contributed by atoms with Crippen molar-refractivity contribution in [1.29, 1.82) is 0 Å². The van der Waals surface area contributed by atoms with E-state index in [-0.39, 0.29) is 31.2 Å². The first-order chi connectivity index (χ1) is 18.1. The Balaban J connectivity index is 1.56. The smallest absolute Gasteiger partial charge is 0.410 e. The van der Waals surface area contributed by atoms with E-state index in [9.17, 15) is 9.59 Å². The van der Waals surface area contributed by atoms with Crippen molar-refractivity contribution in [2.45, 2.75) is 83.8 Å². The number of hydrogen-bond acceptors (Lipinski definition) is 8. The summed E-state index contributed by atoms with van der Waals surface area (Å²) >= 11 is 0. The number of carbonyl (C=O) groups excluding carboxylic acids is 2. The molecule has 2 fully saturated rings. The van der Waals surface area contributed by atoms with Crippen molar-refractivity contribution in [3.63, 3.8) is 0 Å². The Bertz CT molecular complexity index is 1130. The SMILES string of the molecule is COCC[C@@H](C)Oc1nc([C@@H](C)N(C(=O)[C@H]2CN(C(=O)OC(C)(C)C)CCO2)C2CC2)nc2ccccc12. The molecule has 208 valence electrons. The van der Waals surface area contributed by atoms with Crippen LogP contribution in [0.2, 0.25) is 0 Å². The maximum atomic E-state index is 13.8. The first-order valence-electron chi connectivity index (χ1n) is 13.4. The molecule has 2 heterocycles. The third-order valence-electron chi connectivity index (χ3n) is 6.61. The fourth-order valence-corrected chi connectivity index (χ4v) is 4.50. The van der Waals surface area contributed by atoms with Gasteiger partial charge in [0, 0.05) is 32.7 Å². The molecule has 2 amide bonds. The number of nitrogens with zero attached hydrogens (tertiary/aromatic N) is 4. The first kappa shape index (κ1) is 28.0. The number of fused-ring (bicyclic) bond motifs is 1. The largest absolute Gasteiger partial charge is 0.474 e. The van der Waals surface area contributed by atoms with Gasteiger partial charge in [0.1, 0.15) is 5.60 Å². The van der Waals surface area contributed by atoms with Crippen molar-refractivity contribution in [2.75, 3.05) is 33.4 Å². The number of hydrogen-bond donors (Lipinski definition) is 0. The number of carbonyl (C=O) groups is 2. The molecular weight excluding hydrogens is 488 g/mol. The van der Waals surface area contributed by atoms with Crippen molar-refractivity contribution in [1.82, 2.24) is 19.8 Å². The molecule has 0 N–H and O–H groups in total. The van der Waals surface area contributed by atoms with E-state index < -0.39 is 23.8 Å². The third kappa shape index (κ3) is 6.91. The molecule has 1 aromatic carbocycles. The second-order valence-electron chi connectivity index (χ2n) is 11.1. The number of aromatic nitrogens is 2. The summed E-state index contributed by atoms with van der Waals surface area (Å²) in [5, 5.41) is 0.820. The standard InChI is InChI=1S/C28H40N4O6/c1-18(13-15-35-6)37-25-21-9-7-8-10-22(21)29-24(30-25)19(2)32(20-11-12-20)26(33)23-17-31(14-16-36-23)27(34)38-28(3,4)5/h7-10,18-20,23H,11-17H2,1-6H3/t18-,19-,23-/m1/s1. The molecule has 0 spiro atoms. The molecule has 2 aromatic rings. The predicted octanol–water partition coefficient (Wildman–Crippen LogP) is 4.12. The monoisotopic (exact) mass is 528 g/mol. The van der Waals surface area contributed by atoms with Crippen LogP contribution in [0.15, 0.2) is 24.3 Å². The molecule has 1 saturated carbocycles. The molecule has 10 nitrogen and oxygen atoms in total. The van der Waals surface area contributed by atoms with Crippen LogP contribution in [0.1, 0.15) is 65.7 Å². The van der Waals surface area contributed by atoms with Crippen LogP contribution < -0.4 is 4.74 Å². The van der Waals surface area contributed by atoms with Gasteiger partial charge in [0.25, 0.3) is 5.91 Å². The Hall–Kier alpha value is -2.98. The highest BCUT2D eigenvalue weighted by atomic mass is 16.6. The van der Waals surface area contributed by atoms with E-state index in [1.807, 2.05) is 63.8 Å². The Labute approximate surface area is 224 Å². The molecule has 0 bridgehead atoms. The lowest BCUT2D eigenvalue weighted by molar-refractivity contribution is -0.152. The predicted molar refractivity (Wildman–Crippen MR) is 142 cm³/mol. The molecular formula is C28H40N4O6. The minimum Gasteiger partial charge on any atom is -0.474 e. The van der Waals surface area contributed by atoms with Gasteiger partial charge in [0.2, 0.25) is 5.88 Å². The lowest BCUT2D eigenvalue weighted by Gasteiger charge is -2.37. The van der Waals surface area contributed by atoms with Gasteiger partial charge in [-0.1, -0.05) is 12.1 Å². The quantitative estimate of drug-likeness (QED) is 0.479. The zero-order chi connectivity index (χ0) is 27.4. The van der Waals surface area contributed by atoms with E-state index >= 15 is 0 Å². The third-order valence-corrected chi connectivity index (χ3v) is 6.61. The number of para-hydroxylation sites is 1. The summed E-state index contributed by atoms with van der Waals surface area (Å²) < 4.78 is 22.8. The maximum absolute atomic E-state index is 13.8. The molecule has 1 saturated heterocycles. The molecule has 3 atom stereocenters. The summed E-state index contributed by atoms with van der Waals surface area (Å²) in [6.07, 6.45) is 1.22. The van der Waals surface area contributed by atoms with E-state index in [0.29, 0.717) is 24.9 Å². The van der Waals surface area contributed by atoms with Gasteiger partial charge in [-0.05, 0) is 59.6 Å². The summed E-state index contributed by atoms with van der Waals surface area (Å²) in [6, 6.07) is 7.39. The number of ether oxygens (including phenoxy) is 4. The van der Waals surface area contributed by atoms with Gasteiger partial charge in [0.15, 0.2) is 11.9 Å². The van der Waals surface area contributed by atoms with Crippen LogP contribution in [0.25, 0.3) is 10.9 Å². The van der Waals surface area contributed by atoms with E-state index in [0.717, 1.165) is 30.2 Å². The molecule has 0 unspecified atom stereocenters. The summed E-state index contributed by atoms with van der Waals surface area (Å²) in [5.74, 6) is 0.841. The molecule has 1 aliphatic carbocycles. The number of methoxy groups -OCH3 is 1. The molecule has 10 heteroatoms. The summed E-state index contributed by atoms with van der Waals surface area (Å²) in [7, 11) is 1.67. The molecule has 4 rings (SSSR count). The lowest BCUT2D eigenvalue weighted by Crippen LogP contribution is -2.54. The highest BCUT2D eigenvalue weighted by molar-refractivity contribution is 5.84. The van der Waals surface area contributed by atoms with Gasteiger partial charge in [-0.2, -0.15) is 4.98 Å². The fraction of sp³-hybridized carbons (Fsp3) is 0.643. The first-order valence-corrected chi connectivity index (χ1v) is 13.4. The summed E-state index contributed by atoms with van der Waals surface area (Å²) in [5.41, 5.74) is 0.143. The van der Waals surface area contributed by atoms with Gasteiger partial charge < -0.3 is 28.7 Å². The molecule has 38 heavy (non-hydrogen) atoms. The highest BCUT2D eigenvalue weighted by Gasteiger charge is 2.42. The Morgan fingerprint density at radius 1 is 1.18 bits per heavy atom. The number of amides is 2. The summed E-state index contributed by atoms with van der Waals surface area (Å²) in [4.78, 5) is 39.4. The van der Waals surface area contributed by atoms with Crippen LogP contribution >= 0.6 is 0 Å². The number of morpholine rings is 1. The minimum absolute atomic E-state index is 0.0815. The van der Waals surface area contributed by atoms with Crippen molar-refractivity contribution >= 4 is 22.9 Å². The molecule has 2 aliphatic rings. The van der Waals surface area contributed by atoms with Crippen molar-refractivity contribution in [3.8, 4) is 5.88 Å². The van der Waals surface area contributed by atoms with Crippen LogP contribution in [0.4, 0.5) is 4.79 Å². The zero-order valence-electron chi connectivity index (χ0n) is 23.3. The van der Waals surface area contributed by atoms with Crippen LogP contribution in [0, 0.1) is 0 Å². The van der Waals surface area contributed by atoms with E-state index in [1.165, 1.54) is 0 Å². The maximum Gasteiger partial charge on any atom is 0.410 e. The average Bonchev–Trinajstić information content (AvgIpc) is 3.71. The van der Waals surface area contributed by atoms with Gasteiger partial charge in [-0.3, -0.25) is 4.79 Å². The van der Waals surface area contributed by atoms with E-state index in [4.69, 9.17) is 28.9 Å². The summed E-state index contributed by atoms with van der Waals surface area (Å²) in [6.45, 7) is 10.8. The van der Waals surface area contributed by atoms with Crippen LogP contribution in [0.5, 0.6) is 5.88 Å². The average molecular weight is 529 g/mol. The normalized spacial score (nSPS) is 19.6. The van der Waals surface area contributed by atoms with Gasteiger partial charge in [-0.25, -0.2) is 9.78 Å². The highest BCUT2D eigenvalue weighted by Crippen LogP contribution is 2.36. The van der Waals surface area contributed by atoms with Crippen LogP contribution in [-0.2, 0) is 19.0 Å². The second kappa shape index (κ2) is 11.8. The van der Waals surface area contributed by atoms with E-state index in [1.54, 1.807) is 12.0 Å². The number of benzene rings is 1. The Morgan fingerprint density at radius 3 is 2.61 bits per heavy atom. The van der Waals surface area contributed by atoms with Crippen molar-refractivity contribution in [3.05, 3.63) is 30.1 Å². The Morgan fingerprint density at radius 2 is 1.92 bits per heavy atom. The van der Waals surface area contributed by atoms with Gasteiger partial charge in [0.05, 0.1) is 36.2 Å². The fourth-order valence-electron chi connectivity index (χ4n) is 4.50. The van der Waals surface area contributed by atoms with Gasteiger partial charge >= 0.3 is 6.09 Å². The van der Waals surface area contributed by atoms with Crippen molar-refractivity contribution in [2.24, 2.45) is 0 Å². The molecule has 0 radical (unpaired) electrons. The second-order valence-corrected chi connectivity index (χ2v) is 11.1. The van der Waals surface area contributed by atoms with Crippen molar-refractivity contribution < 1.29 is 28.5 Å². The van der Waals surface area contributed by atoms with Crippen LogP contribution in [-0.4, -0.2) is 89.0 Å². The lowest BCUT2D eigenvalue weighted by atomic mass is 10.1. The topological polar surface area (TPSA) is 103 Å². The molecule has 1 aromatic heterocycles. The zero-order valence-corrected chi connectivity index (χ0v) is 23.3. The Kier molecular flexibility index (Phi) is 8.72. The number of rotatable bonds is 9. The van der Waals surface area contributed by atoms with E-state index in [2.05, 4.69) is 0 Å². The van der Waals surface area contributed by atoms with Crippen LogP contribution in [0.3, 0.4) is 0 Å².